The van der Waals surface area contributed by atoms with E-state index in [1.165, 1.54) is 4.88 Å². The summed E-state index contributed by atoms with van der Waals surface area (Å²) in [5, 5.41) is 2.42. The van der Waals surface area contributed by atoms with Gasteiger partial charge in [0.1, 0.15) is 0 Å². The number of halogens is 2. The summed E-state index contributed by atoms with van der Waals surface area (Å²) in [7, 11) is 0. The van der Waals surface area contributed by atoms with E-state index in [0.717, 1.165) is 15.6 Å². The molecule has 0 radical (unpaired) electrons. The van der Waals surface area contributed by atoms with E-state index in [9.17, 15) is 4.79 Å². The molecular weight excluding hydrogens is 352 g/mol. The summed E-state index contributed by atoms with van der Waals surface area (Å²) in [6, 6.07) is 9.77. The summed E-state index contributed by atoms with van der Waals surface area (Å²) in [5.41, 5.74) is 1.89. The number of hydrogen-bond donors (Lipinski definition) is 0. The highest BCUT2D eigenvalue weighted by molar-refractivity contribution is 9.10. The second kappa shape index (κ2) is 5.25. The lowest BCUT2D eigenvalue weighted by atomic mass is 10.1. The topological polar surface area (TPSA) is 17.1 Å². The van der Waals surface area contributed by atoms with Crippen molar-refractivity contribution in [3.63, 3.8) is 0 Å². The minimum atomic E-state index is 0.110. The van der Waals surface area contributed by atoms with Crippen molar-refractivity contribution in [1.82, 2.24) is 0 Å². The molecule has 1 aromatic carbocycles. The Morgan fingerprint density at radius 3 is 2.44 bits per heavy atom. The standard InChI is InChI=1S/C12H8Br2OS/c13-6-11(15)8-1-3-9(4-2-8)12-5-10(14)7-16-12/h1-5,7H,6H2. The molecule has 0 N–H and O–H groups in total. The van der Waals surface area contributed by atoms with Crippen molar-refractivity contribution >= 4 is 49.0 Å². The van der Waals surface area contributed by atoms with Gasteiger partial charge in [-0.2, -0.15) is 0 Å². The van der Waals surface area contributed by atoms with Crippen molar-refractivity contribution in [1.29, 1.82) is 0 Å². The molecule has 0 aliphatic rings. The van der Waals surface area contributed by atoms with Crippen molar-refractivity contribution in [2.45, 2.75) is 0 Å². The summed E-state index contributed by atoms with van der Waals surface area (Å²) in [6.45, 7) is 0. The van der Waals surface area contributed by atoms with Crippen molar-refractivity contribution in [2.75, 3.05) is 5.33 Å². The molecule has 0 aliphatic carbocycles. The van der Waals surface area contributed by atoms with E-state index in [4.69, 9.17) is 0 Å². The van der Waals surface area contributed by atoms with Crippen LogP contribution in [0.15, 0.2) is 40.2 Å². The first-order valence-electron chi connectivity index (χ1n) is 4.64. The van der Waals surface area contributed by atoms with E-state index >= 15 is 0 Å². The van der Waals surface area contributed by atoms with Gasteiger partial charge in [0.05, 0.1) is 5.33 Å². The molecule has 0 saturated heterocycles. The number of Topliss-reactive ketones (excluding diaryl/α,β-unsaturated/α-hetero) is 1. The maximum Gasteiger partial charge on any atom is 0.173 e. The Morgan fingerprint density at radius 2 is 1.94 bits per heavy atom. The van der Waals surface area contributed by atoms with Gasteiger partial charge >= 0.3 is 0 Å². The van der Waals surface area contributed by atoms with E-state index < -0.39 is 0 Å². The minimum absolute atomic E-state index is 0.110. The van der Waals surface area contributed by atoms with Gasteiger partial charge in [-0.15, -0.1) is 11.3 Å². The lowest BCUT2D eigenvalue weighted by Gasteiger charge is -1.99. The largest absolute Gasteiger partial charge is 0.293 e. The highest BCUT2D eigenvalue weighted by Crippen LogP contribution is 2.29. The van der Waals surface area contributed by atoms with Gasteiger partial charge in [0.15, 0.2) is 5.78 Å². The van der Waals surface area contributed by atoms with Crippen LogP contribution in [0.5, 0.6) is 0 Å². The van der Waals surface area contributed by atoms with Crippen LogP contribution in [0.25, 0.3) is 10.4 Å². The first-order chi connectivity index (χ1) is 7.70. The fourth-order valence-electron chi connectivity index (χ4n) is 1.36. The lowest BCUT2D eigenvalue weighted by molar-refractivity contribution is 0.102. The third-order valence-electron chi connectivity index (χ3n) is 2.18. The number of thiophene rings is 1. The summed E-state index contributed by atoms with van der Waals surface area (Å²) in [6.07, 6.45) is 0. The molecular formula is C12H8Br2OS. The molecule has 0 aliphatic heterocycles. The van der Waals surface area contributed by atoms with Gasteiger partial charge in [-0.25, -0.2) is 0 Å². The van der Waals surface area contributed by atoms with Gasteiger partial charge in [0, 0.05) is 20.3 Å². The molecule has 0 spiro atoms. The average Bonchev–Trinajstić information content (AvgIpc) is 2.75. The highest BCUT2D eigenvalue weighted by atomic mass is 79.9. The lowest BCUT2D eigenvalue weighted by Crippen LogP contribution is -1.98. The fourth-order valence-corrected chi connectivity index (χ4v) is 3.12. The van der Waals surface area contributed by atoms with Crippen LogP contribution in [0.3, 0.4) is 0 Å². The minimum Gasteiger partial charge on any atom is -0.293 e. The van der Waals surface area contributed by atoms with Gasteiger partial charge in [-0.3, -0.25) is 4.79 Å². The summed E-state index contributed by atoms with van der Waals surface area (Å²) < 4.78 is 1.09. The number of carbonyl (C=O) groups excluding carboxylic acids is 1. The molecule has 0 unspecified atom stereocenters. The Labute approximate surface area is 115 Å². The number of benzene rings is 1. The predicted octanol–water partition coefficient (Wildman–Crippen LogP) is 4.76. The maximum atomic E-state index is 11.4. The predicted molar refractivity (Wildman–Crippen MR) is 75.6 cm³/mol. The number of rotatable bonds is 3. The van der Waals surface area contributed by atoms with Crippen LogP contribution in [-0.2, 0) is 0 Å². The first-order valence-corrected chi connectivity index (χ1v) is 7.44. The highest BCUT2D eigenvalue weighted by Gasteiger charge is 2.05. The zero-order valence-corrected chi connectivity index (χ0v) is 12.2. The van der Waals surface area contributed by atoms with Crippen LogP contribution in [0.4, 0.5) is 0 Å². The van der Waals surface area contributed by atoms with Gasteiger partial charge < -0.3 is 0 Å². The fraction of sp³-hybridized carbons (Fsp3) is 0.0833. The van der Waals surface area contributed by atoms with Crippen molar-refractivity contribution in [3.8, 4) is 10.4 Å². The number of hydrogen-bond acceptors (Lipinski definition) is 2. The molecule has 1 nitrogen and oxygen atoms in total. The van der Waals surface area contributed by atoms with Crippen molar-refractivity contribution in [3.05, 3.63) is 45.7 Å². The molecule has 1 aromatic heterocycles. The maximum absolute atomic E-state index is 11.4. The van der Waals surface area contributed by atoms with Crippen LogP contribution in [-0.4, -0.2) is 11.1 Å². The number of ketones is 1. The van der Waals surface area contributed by atoms with Crippen LogP contribution in [0.1, 0.15) is 10.4 Å². The molecule has 1 heterocycles. The molecule has 0 bridgehead atoms. The zero-order chi connectivity index (χ0) is 11.5. The van der Waals surface area contributed by atoms with E-state index in [0.29, 0.717) is 5.33 Å². The number of carbonyl (C=O) groups is 1. The molecule has 82 valence electrons. The van der Waals surface area contributed by atoms with Crippen molar-refractivity contribution < 1.29 is 4.79 Å². The molecule has 0 fully saturated rings. The Hall–Kier alpha value is -0.450. The zero-order valence-electron chi connectivity index (χ0n) is 8.24. The summed E-state index contributed by atoms with van der Waals surface area (Å²) >= 11 is 8.27. The quantitative estimate of drug-likeness (QED) is 0.570. The molecule has 16 heavy (non-hydrogen) atoms. The Bertz CT molecular complexity index is 502. The molecule has 0 atom stereocenters. The third kappa shape index (κ3) is 2.62. The molecule has 2 rings (SSSR count). The van der Waals surface area contributed by atoms with Gasteiger partial charge in [0.25, 0.3) is 0 Å². The number of alkyl halides is 1. The molecule has 0 saturated carbocycles. The van der Waals surface area contributed by atoms with Crippen LogP contribution < -0.4 is 0 Å². The third-order valence-corrected chi connectivity index (χ3v) is 4.43. The summed E-state index contributed by atoms with van der Waals surface area (Å²) in [5.74, 6) is 0.110. The van der Waals surface area contributed by atoms with Gasteiger partial charge in [0.2, 0.25) is 0 Å². The molecule has 0 amide bonds. The van der Waals surface area contributed by atoms with E-state index in [1.807, 2.05) is 29.6 Å². The second-order valence-corrected chi connectivity index (χ2v) is 5.65. The smallest absolute Gasteiger partial charge is 0.173 e. The van der Waals surface area contributed by atoms with Crippen LogP contribution in [0.2, 0.25) is 0 Å². The van der Waals surface area contributed by atoms with Gasteiger partial charge in [-0.05, 0) is 27.6 Å². The van der Waals surface area contributed by atoms with Crippen LogP contribution >= 0.6 is 43.2 Å². The van der Waals surface area contributed by atoms with Gasteiger partial charge in [-0.1, -0.05) is 40.2 Å². The SMILES string of the molecule is O=C(CBr)c1ccc(-c2cc(Br)cs2)cc1. The summed E-state index contributed by atoms with van der Waals surface area (Å²) in [4.78, 5) is 12.6. The average molecular weight is 360 g/mol. The second-order valence-electron chi connectivity index (χ2n) is 3.26. The molecule has 2 aromatic rings. The van der Waals surface area contributed by atoms with E-state index in [1.54, 1.807) is 11.3 Å². The molecule has 4 heteroatoms. The van der Waals surface area contributed by atoms with Crippen LogP contribution in [0, 0.1) is 0 Å². The van der Waals surface area contributed by atoms with E-state index in [-0.39, 0.29) is 5.78 Å². The monoisotopic (exact) mass is 358 g/mol. The van der Waals surface area contributed by atoms with Crippen molar-refractivity contribution in [2.24, 2.45) is 0 Å². The van der Waals surface area contributed by atoms with E-state index in [2.05, 4.69) is 37.9 Å². The Morgan fingerprint density at radius 1 is 1.25 bits per heavy atom. The normalized spacial score (nSPS) is 10.4. The Balaban J connectivity index is 2.29. The Kier molecular flexibility index (Phi) is 3.95. The first kappa shape index (κ1) is 12.0.